The Balaban J connectivity index is 2.08. The maximum atomic E-state index is 10.7. The first-order valence-electron chi connectivity index (χ1n) is 6.40. The Labute approximate surface area is 107 Å². The molecule has 1 aromatic heterocycles. The van der Waals surface area contributed by atoms with E-state index < -0.39 is 0 Å². The minimum atomic E-state index is -0.386. The molecule has 0 aliphatic heterocycles. The molecule has 1 heterocycles. The van der Waals surface area contributed by atoms with Crippen molar-refractivity contribution in [2.24, 2.45) is 5.92 Å². The quantitative estimate of drug-likeness (QED) is 0.608. The van der Waals surface area contributed by atoms with Gasteiger partial charge in [-0.3, -0.25) is 10.1 Å². The molecule has 1 saturated carbocycles. The van der Waals surface area contributed by atoms with Gasteiger partial charge in [-0.25, -0.2) is 4.98 Å². The monoisotopic (exact) mass is 249 g/mol. The lowest BCUT2D eigenvalue weighted by molar-refractivity contribution is -0.385. The summed E-state index contributed by atoms with van der Waals surface area (Å²) in [6.45, 7) is 2.75. The van der Waals surface area contributed by atoms with Crippen molar-refractivity contribution in [2.45, 2.75) is 32.6 Å². The first-order chi connectivity index (χ1) is 8.58. The summed E-state index contributed by atoms with van der Waals surface area (Å²) in [6, 6.07) is 1.80. The molecule has 0 unspecified atom stereocenters. The predicted molar refractivity (Wildman–Crippen MR) is 70.9 cm³/mol. The zero-order chi connectivity index (χ0) is 13.1. The van der Waals surface area contributed by atoms with Crippen LogP contribution in [0.15, 0.2) is 12.3 Å². The third-order valence-corrected chi connectivity index (χ3v) is 3.66. The van der Waals surface area contributed by atoms with Crippen LogP contribution < -0.4 is 4.90 Å². The summed E-state index contributed by atoms with van der Waals surface area (Å²) in [6.07, 6.45) is 6.58. The lowest BCUT2D eigenvalue weighted by atomic mass is 10.1. The van der Waals surface area contributed by atoms with Crippen LogP contribution in [-0.2, 0) is 0 Å². The fourth-order valence-corrected chi connectivity index (χ4v) is 2.61. The van der Waals surface area contributed by atoms with Crippen LogP contribution in [0.3, 0.4) is 0 Å². The minimum absolute atomic E-state index is 0.0908. The molecule has 5 heteroatoms. The summed E-state index contributed by atoms with van der Waals surface area (Å²) in [4.78, 5) is 16.6. The highest BCUT2D eigenvalue weighted by atomic mass is 16.6. The summed E-state index contributed by atoms with van der Waals surface area (Å²) < 4.78 is 0. The Bertz CT molecular complexity index is 442. The van der Waals surface area contributed by atoms with E-state index in [0.717, 1.165) is 18.3 Å². The molecule has 2 rings (SSSR count). The lowest BCUT2D eigenvalue weighted by Gasteiger charge is -2.22. The predicted octanol–water partition coefficient (Wildman–Crippen LogP) is 2.92. The zero-order valence-electron chi connectivity index (χ0n) is 10.9. The second kappa shape index (κ2) is 5.33. The SMILES string of the molecule is Cc1cc(N(C)CC2CCCC2)ncc1[N+](=O)[O-]. The average Bonchev–Trinajstić information content (AvgIpc) is 2.81. The Hall–Kier alpha value is -1.65. The topological polar surface area (TPSA) is 59.3 Å². The largest absolute Gasteiger partial charge is 0.359 e. The number of hydrogen-bond acceptors (Lipinski definition) is 4. The molecule has 1 aliphatic rings. The normalized spacial score (nSPS) is 15.9. The van der Waals surface area contributed by atoms with E-state index in [9.17, 15) is 10.1 Å². The molecule has 0 atom stereocenters. The Kier molecular flexibility index (Phi) is 3.79. The number of nitrogens with zero attached hydrogens (tertiary/aromatic N) is 3. The van der Waals surface area contributed by atoms with Crippen molar-refractivity contribution in [3.8, 4) is 0 Å². The van der Waals surface area contributed by atoms with E-state index in [4.69, 9.17) is 0 Å². The molecule has 0 bridgehead atoms. The van der Waals surface area contributed by atoms with E-state index in [-0.39, 0.29) is 10.6 Å². The van der Waals surface area contributed by atoms with Gasteiger partial charge in [-0.1, -0.05) is 12.8 Å². The number of aromatic nitrogens is 1. The van der Waals surface area contributed by atoms with Gasteiger partial charge < -0.3 is 4.90 Å². The van der Waals surface area contributed by atoms with Crippen molar-refractivity contribution in [3.63, 3.8) is 0 Å². The molecule has 0 amide bonds. The van der Waals surface area contributed by atoms with Gasteiger partial charge >= 0.3 is 0 Å². The molecule has 0 spiro atoms. The van der Waals surface area contributed by atoms with Crippen molar-refractivity contribution in [1.82, 2.24) is 4.98 Å². The number of pyridine rings is 1. The maximum Gasteiger partial charge on any atom is 0.290 e. The Morgan fingerprint density at radius 1 is 1.50 bits per heavy atom. The highest BCUT2D eigenvalue weighted by Crippen LogP contribution is 2.27. The van der Waals surface area contributed by atoms with Crippen molar-refractivity contribution < 1.29 is 4.92 Å². The van der Waals surface area contributed by atoms with Crippen LogP contribution in [0.5, 0.6) is 0 Å². The van der Waals surface area contributed by atoms with E-state index in [1.165, 1.54) is 31.9 Å². The van der Waals surface area contributed by atoms with Crippen LogP contribution in [0.4, 0.5) is 11.5 Å². The van der Waals surface area contributed by atoms with Gasteiger partial charge in [0.05, 0.1) is 4.92 Å². The average molecular weight is 249 g/mol. The van der Waals surface area contributed by atoms with Gasteiger partial charge in [0.15, 0.2) is 0 Å². The summed E-state index contributed by atoms with van der Waals surface area (Å²) in [7, 11) is 2.01. The fourth-order valence-electron chi connectivity index (χ4n) is 2.61. The van der Waals surface area contributed by atoms with Crippen molar-refractivity contribution >= 4 is 11.5 Å². The molecule has 1 fully saturated rings. The van der Waals surface area contributed by atoms with E-state index >= 15 is 0 Å². The van der Waals surface area contributed by atoms with Gasteiger partial charge in [-0.05, 0) is 31.7 Å². The maximum absolute atomic E-state index is 10.7. The Morgan fingerprint density at radius 3 is 2.72 bits per heavy atom. The second-order valence-electron chi connectivity index (χ2n) is 5.12. The van der Waals surface area contributed by atoms with E-state index in [0.29, 0.717) is 5.56 Å². The van der Waals surface area contributed by atoms with Gasteiger partial charge in [0.1, 0.15) is 12.0 Å². The van der Waals surface area contributed by atoms with Crippen LogP contribution in [0.2, 0.25) is 0 Å². The number of rotatable bonds is 4. The molecular weight excluding hydrogens is 230 g/mol. The number of aryl methyl sites for hydroxylation is 1. The van der Waals surface area contributed by atoms with Crippen molar-refractivity contribution in [2.75, 3.05) is 18.5 Å². The van der Waals surface area contributed by atoms with Gasteiger partial charge in [0, 0.05) is 19.2 Å². The lowest BCUT2D eigenvalue weighted by Crippen LogP contribution is -2.24. The van der Waals surface area contributed by atoms with Gasteiger partial charge in [-0.15, -0.1) is 0 Å². The molecule has 98 valence electrons. The summed E-state index contributed by atoms with van der Waals surface area (Å²) in [5.41, 5.74) is 0.760. The minimum Gasteiger partial charge on any atom is -0.359 e. The molecule has 18 heavy (non-hydrogen) atoms. The van der Waals surface area contributed by atoms with Gasteiger partial charge in [0.2, 0.25) is 0 Å². The molecule has 0 aromatic carbocycles. The number of anilines is 1. The van der Waals surface area contributed by atoms with Crippen LogP contribution >= 0.6 is 0 Å². The number of hydrogen-bond donors (Lipinski definition) is 0. The first kappa shape index (κ1) is 12.8. The zero-order valence-corrected chi connectivity index (χ0v) is 10.9. The molecule has 0 saturated heterocycles. The van der Waals surface area contributed by atoms with Gasteiger partial charge in [0.25, 0.3) is 5.69 Å². The van der Waals surface area contributed by atoms with Gasteiger partial charge in [-0.2, -0.15) is 0 Å². The second-order valence-corrected chi connectivity index (χ2v) is 5.12. The van der Waals surface area contributed by atoms with Crippen LogP contribution in [-0.4, -0.2) is 23.5 Å². The van der Waals surface area contributed by atoms with E-state index in [1.807, 2.05) is 7.05 Å². The molecule has 1 aromatic rings. The first-order valence-corrected chi connectivity index (χ1v) is 6.40. The molecular formula is C13H19N3O2. The number of nitro groups is 1. The third-order valence-electron chi connectivity index (χ3n) is 3.66. The highest BCUT2D eigenvalue weighted by Gasteiger charge is 2.19. The summed E-state index contributed by atoms with van der Waals surface area (Å²) >= 11 is 0. The third kappa shape index (κ3) is 2.78. The van der Waals surface area contributed by atoms with E-state index in [2.05, 4.69) is 9.88 Å². The van der Waals surface area contributed by atoms with Crippen molar-refractivity contribution in [3.05, 3.63) is 27.9 Å². The standard InChI is InChI=1S/C13H19N3O2/c1-10-7-13(14-8-12(10)16(17)18)15(2)9-11-5-3-4-6-11/h7-8,11H,3-6,9H2,1-2H3. The molecule has 5 nitrogen and oxygen atoms in total. The van der Waals surface area contributed by atoms with E-state index in [1.54, 1.807) is 13.0 Å². The molecule has 0 radical (unpaired) electrons. The van der Waals surface area contributed by atoms with Crippen LogP contribution in [0, 0.1) is 23.0 Å². The summed E-state index contributed by atoms with van der Waals surface area (Å²) in [5, 5.41) is 10.7. The van der Waals surface area contributed by atoms with Crippen LogP contribution in [0.1, 0.15) is 31.2 Å². The van der Waals surface area contributed by atoms with Crippen molar-refractivity contribution in [1.29, 1.82) is 0 Å². The fraction of sp³-hybridized carbons (Fsp3) is 0.615. The van der Waals surface area contributed by atoms with Crippen LogP contribution in [0.25, 0.3) is 0 Å². The summed E-state index contributed by atoms with van der Waals surface area (Å²) in [5.74, 6) is 1.57. The smallest absolute Gasteiger partial charge is 0.290 e. The Morgan fingerprint density at radius 2 is 2.17 bits per heavy atom. The molecule has 0 N–H and O–H groups in total. The highest BCUT2D eigenvalue weighted by molar-refractivity contribution is 5.48. The molecule has 1 aliphatic carbocycles.